The highest BCUT2D eigenvalue weighted by Crippen LogP contribution is 2.37. The van der Waals surface area contributed by atoms with E-state index in [0.29, 0.717) is 0 Å². The molecule has 2 heterocycles. The molecule has 0 radical (unpaired) electrons. The zero-order valence-corrected chi connectivity index (χ0v) is 14.1. The molecule has 26 heavy (non-hydrogen) atoms. The number of benzene rings is 3. The Balaban J connectivity index is 1.69. The molecule has 0 unspecified atom stereocenters. The summed E-state index contributed by atoms with van der Waals surface area (Å²) in [6.45, 7) is 0. The number of anilines is 2. The zero-order valence-electron chi connectivity index (χ0n) is 14.1. The second kappa shape index (κ2) is 5.74. The molecule has 0 bridgehead atoms. The molecule has 0 spiro atoms. The largest absolute Gasteiger partial charge is 0.495 e. The van der Waals surface area contributed by atoms with E-state index >= 15 is 0 Å². The number of fused-ring (bicyclic) bond motifs is 4. The average molecular weight is 341 g/mol. The van der Waals surface area contributed by atoms with Crippen LogP contribution in [0.1, 0.15) is 0 Å². The number of nitrogens with one attached hydrogen (secondary N) is 1. The maximum atomic E-state index is 5.99. The molecule has 0 fully saturated rings. The summed E-state index contributed by atoms with van der Waals surface area (Å²) in [5.74, 6) is 1.45. The molecule has 0 aliphatic rings. The van der Waals surface area contributed by atoms with E-state index in [2.05, 4.69) is 15.3 Å². The number of para-hydroxylation sites is 2. The van der Waals surface area contributed by atoms with Crippen molar-refractivity contribution in [1.82, 2.24) is 9.97 Å². The number of aromatic nitrogens is 2. The minimum atomic E-state index is 0.726. The van der Waals surface area contributed by atoms with Crippen molar-refractivity contribution in [3.05, 3.63) is 67.0 Å². The summed E-state index contributed by atoms with van der Waals surface area (Å²) in [5, 5.41) is 6.41. The predicted molar refractivity (Wildman–Crippen MR) is 103 cm³/mol. The summed E-state index contributed by atoms with van der Waals surface area (Å²) in [7, 11) is 1.66. The highest BCUT2D eigenvalue weighted by atomic mass is 16.5. The predicted octanol–water partition coefficient (Wildman–Crippen LogP) is 5.28. The highest BCUT2D eigenvalue weighted by Gasteiger charge is 2.13. The van der Waals surface area contributed by atoms with Gasteiger partial charge in [0, 0.05) is 22.2 Å². The van der Waals surface area contributed by atoms with Crippen molar-refractivity contribution in [3.8, 4) is 5.75 Å². The number of rotatable bonds is 3. The van der Waals surface area contributed by atoms with Gasteiger partial charge in [-0.2, -0.15) is 0 Å². The van der Waals surface area contributed by atoms with E-state index in [-0.39, 0.29) is 0 Å². The summed E-state index contributed by atoms with van der Waals surface area (Å²) in [6.07, 6.45) is 1.55. The second-order valence-corrected chi connectivity index (χ2v) is 6.01. The highest BCUT2D eigenvalue weighted by molar-refractivity contribution is 6.07. The number of hydrogen-bond acceptors (Lipinski definition) is 5. The Kier molecular flexibility index (Phi) is 3.25. The topological polar surface area (TPSA) is 60.2 Å². The summed E-state index contributed by atoms with van der Waals surface area (Å²) in [5.41, 5.74) is 3.33. The minimum absolute atomic E-state index is 0.726. The third-order valence-electron chi connectivity index (χ3n) is 4.49. The van der Waals surface area contributed by atoms with E-state index in [1.807, 2.05) is 60.7 Å². The molecular weight excluding hydrogens is 326 g/mol. The Bertz CT molecular complexity index is 1260. The van der Waals surface area contributed by atoms with Crippen LogP contribution in [0.3, 0.4) is 0 Å². The molecule has 3 aromatic carbocycles. The van der Waals surface area contributed by atoms with Crippen molar-refractivity contribution in [2.45, 2.75) is 0 Å². The van der Waals surface area contributed by atoms with Gasteiger partial charge in [0.1, 0.15) is 29.1 Å². The van der Waals surface area contributed by atoms with Crippen molar-refractivity contribution in [3.63, 3.8) is 0 Å². The molecule has 2 aromatic heterocycles. The van der Waals surface area contributed by atoms with E-state index in [1.54, 1.807) is 13.4 Å². The Hall–Kier alpha value is -3.60. The van der Waals surface area contributed by atoms with Gasteiger partial charge in [0.25, 0.3) is 0 Å². The fraction of sp³-hybridized carbons (Fsp3) is 0.0476. The van der Waals surface area contributed by atoms with Crippen molar-refractivity contribution < 1.29 is 9.15 Å². The Labute approximate surface area is 149 Å². The summed E-state index contributed by atoms with van der Waals surface area (Å²) in [4.78, 5) is 8.70. The second-order valence-electron chi connectivity index (χ2n) is 6.01. The van der Waals surface area contributed by atoms with Crippen LogP contribution in [0, 0.1) is 0 Å². The number of nitrogens with zero attached hydrogens (tertiary/aromatic N) is 2. The molecule has 0 atom stereocenters. The van der Waals surface area contributed by atoms with Crippen LogP contribution in [0.25, 0.3) is 32.8 Å². The van der Waals surface area contributed by atoms with Crippen LogP contribution in [0.2, 0.25) is 0 Å². The van der Waals surface area contributed by atoms with Crippen molar-refractivity contribution in [2.75, 3.05) is 12.4 Å². The lowest BCUT2D eigenvalue weighted by molar-refractivity contribution is 0.417. The van der Waals surface area contributed by atoms with Crippen LogP contribution in [-0.2, 0) is 0 Å². The van der Waals surface area contributed by atoms with Crippen LogP contribution in [-0.4, -0.2) is 17.1 Å². The Morgan fingerprint density at radius 3 is 2.54 bits per heavy atom. The van der Waals surface area contributed by atoms with Gasteiger partial charge in [-0.1, -0.05) is 30.3 Å². The molecule has 0 aliphatic carbocycles. The fourth-order valence-electron chi connectivity index (χ4n) is 3.25. The maximum Gasteiger partial charge on any atom is 0.143 e. The van der Waals surface area contributed by atoms with Crippen molar-refractivity contribution in [2.24, 2.45) is 0 Å². The first-order chi connectivity index (χ1) is 12.8. The minimum Gasteiger partial charge on any atom is -0.495 e. The zero-order chi connectivity index (χ0) is 17.5. The van der Waals surface area contributed by atoms with Gasteiger partial charge in [0.2, 0.25) is 0 Å². The van der Waals surface area contributed by atoms with Gasteiger partial charge >= 0.3 is 0 Å². The molecular formula is C21H15N3O2. The lowest BCUT2D eigenvalue weighted by Crippen LogP contribution is -1.98. The first kappa shape index (κ1) is 14.7. The van der Waals surface area contributed by atoms with E-state index in [1.165, 1.54) is 0 Å². The van der Waals surface area contributed by atoms with Crippen LogP contribution >= 0.6 is 0 Å². The van der Waals surface area contributed by atoms with E-state index in [0.717, 1.165) is 50.1 Å². The average Bonchev–Trinajstić information content (AvgIpc) is 3.05. The molecule has 0 saturated heterocycles. The van der Waals surface area contributed by atoms with Gasteiger partial charge < -0.3 is 14.5 Å². The molecule has 1 N–H and O–H groups in total. The summed E-state index contributed by atoms with van der Waals surface area (Å²) < 4.78 is 11.6. The normalized spacial score (nSPS) is 11.3. The molecule has 0 saturated carbocycles. The lowest BCUT2D eigenvalue weighted by atomic mass is 10.1. The third-order valence-corrected chi connectivity index (χ3v) is 4.49. The Morgan fingerprint density at radius 2 is 1.65 bits per heavy atom. The first-order valence-electron chi connectivity index (χ1n) is 8.29. The van der Waals surface area contributed by atoms with Crippen molar-refractivity contribution in [1.29, 1.82) is 0 Å². The SMILES string of the molecule is COc1cc2c(cc1Nc1ncnc3ccccc13)oc1ccccc12. The van der Waals surface area contributed by atoms with Gasteiger partial charge in [-0.3, -0.25) is 0 Å². The Morgan fingerprint density at radius 1 is 0.846 bits per heavy atom. The van der Waals surface area contributed by atoms with Gasteiger partial charge in [0.05, 0.1) is 18.3 Å². The molecule has 5 nitrogen and oxygen atoms in total. The number of hydrogen-bond donors (Lipinski definition) is 1. The molecule has 126 valence electrons. The van der Waals surface area contributed by atoms with Gasteiger partial charge in [-0.25, -0.2) is 9.97 Å². The van der Waals surface area contributed by atoms with Gasteiger partial charge in [-0.05, 0) is 24.3 Å². The van der Waals surface area contributed by atoms with E-state index in [9.17, 15) is 0 Å². The lowest BCUT2D eigenvalue weighted by Gasteiger charge is -2.12. The summed E-state index contributed by atoms with van der Waals surface area (Å²) >= 11 is 0. The van der Waals surface area contributed by atoms with Gasteiger partial charge in [0.15, 0.2) is 0 Å². The maximum absolute atomic E-state index is 5.99. The number of ether oxygens (including phenoxy) is 1. The first-order valence-corrected chi connectivity index (χ1v) is 8.29. The van der Waals surface area contributed by atoms with E-state index < -0.39 is 0 Å². The van der Waals surface area contributed by atoms with E-state index in [4.69, 9.17) is 9.15 Å². The van der Waals surface area contributed by atoms with Crippen LogP contribution in [0.5, 0.6) is 5.75 Å². The van der Waals surface area contributed by atoms with Crippen LogP contribution in [0.15, 0.2) is 71.4 Å². The molecule has 5 aromatic rings. The van der Waals surface area contributed by atoms with Crippen LogP contribution in [0.4, 0.5) is 11.5 Å². The summed E-state index contributed by atoms with van der Waals surface area (Å²) in [6, 6.07) is 19.8. The molecule has 5 rings (SSSR count). The number of methoxy groups -OCH3 is 1. The van der Waals surface area contributed by atoms with Crippen molar-refractivity contribution >= 4 is 44.3 Å². The molecule has 0 amide bonds. The third kappa shape index (κ3) is 2.25. The molecule has 5 heteroatoms. The van der Waals surface area contributed by atoms with Gasteiger partial charge in [-0.15, -0.1) is 0 Å². The fourth-order valence-corrected chi connectivity index (χ4v) is 3.25. The quantitative estimate of drug-likeness (QED) is 0.484. The number of furan rings is 1. The smallest absolute Gasteiger partial charge is 0.143 e. The van der Waals surface area contributed by atoms with Crippen LogP contribution < -0.4 is 10.1 Å². The monoisotopic (exact) mass is 341 g/mol. The standard InChI is InChI=1S/C21H15N3O2/c1-25-20-10-15-13-6-3-5-9-18(13)26-19(15)11-17(20)24-21-14-7-2-4-8-16(14)22-12-23-21/h2-12H,1H3,(H,22,23,24). The molecule has 0 aliphatic heterocycles.